The Hall–Kier alpha value is -0.850. The molecule has 0 aliphatic heterocycles. The Bertz CT molecular complexity index is 265. The van der Waals surface area contributed by atoms with E-state index in [2.05, 4.69) is 44.4 Å². The third-order valence-electron chi connectivity index (χ3n) is 3.91. The van der Waals surface area contributed by atoms with Crippen molar-refractivity contribution in [2.75, 3.05) is 0 Å². The highest BCUT2D eigenvalue weighted by Crippen LogP contribution is 2.12. The molecule has 0 N–H and O–H groups in total. The van der Waals surface area contributed by atoms with Crippen molar-refractivity contribution in [2.45, 2.75) is 90.9 Å². The van der Waals surface area contributed by atoms with Crippen LogP contribution in [0, 0.1) is 5.92 Å². The second-order valence-corrected chi connectivity index (χ2v) is 5.89. The average molecular weight is 291 g/mol. The van der Waals surface area contributed by atoms with Crippen molar-refractivity contribution in [3.63, 3.8) is 0 Å². The molecule has 0 aliphatic carbocycles. The molecule has 0 aromatic carbocycles. The van der Waals surface area contributed by atoms with Gasteiger partial charge in [0, 0.05) is 5.92 Å². The van der Waals surface area contributed by atoms with Gasteiger partial charge >= 0.3 is 0 Å². The molecule has 1 radical (unpaired) electrons. The molecule has 1 nitrogen and oxygen atoms in total. The first-order valence-electron chi connectivity index (χ1n) is 9.02. The number of hydrogen-bond acceptors (Lipinski definition) is 1. The molecule has 1 unspecified atom stereocenters. The SMILES string of the molecule is CCCCC/C=C\C/C=C\CCCCCCC([C]=O)CC. The molecule has 0 aromatic rings. The Morgan fingerprint density at radius 3 is 2.00 bits per heavy atom. The lowest BCUT2D eigenvalue weighted by atomic mass is 9.99. The Balaban J connectivity index is 3.27. The molecule has 0 saturated heterocycles. The van der Waals surface area contributed by atoms with E-state index in [1.807, 2.05) is 0 Å². The molecule has 0 fully saturated rings. The predicted molar refractivity (Wildman–Crippen MR) is 94.2 cm³/mol. The van der Waals surface area contributed by atoms with Crippen LogP contribution in [0.2, 0.25) is 0 Å². The summed E-state index contributed by atoms with van der Waals surface area (Å²) in [6.07, 6.45) is 25.8. The molecule has 0 saturated carbocycles. The normalized spacial score (nSPS) is 13.2. The maximum Gasteiger partial charge on any atom is 0.201 e. The van der Waals surface area contributed by atoms with Crippen molar-refractivity contribution in [2.24, 2.45) is 5.92 Å². The lowest BCUT2D eigenvalue weighted by Gasteiger charge is -2.05. The van der Waals surface area contributed by atoms with Crippen molar-refractivity contribution in [3.05, 3.63) is 24.3 Å². The van der Waals surface area contributed by atoms with Crippen LogP contribution in [0.25, 0.3) is 0 Å². The van der Waals surface area contributed by atoms with E-state index in [1.165, 1.54) is 57.8 Å². The standard InChI is InChI=1S/C20H35O/c1-3-5-6-7-8-9-10-11-12-13-14-15-16-17-18-20(4-2)19-21/h8-9,11-12,20H,3-7,10,13-18H2,1-2H3/b9-8-,12-11-. The molecule has 1 heteroatoms. The molecular weight excluding hydrogens is 256 g/mol. The maximum absolute atomic E-state index is 10.6. The van der Waals surface area contributed by atoms with Crippen LogP contribution in [0.5, 0.6) is 0 Å². The van der Waals surface area contributed by atoms with Gasteiger partial charge in [-0.05, 0) is 44.9 Å². The van der Waals surface area contributed by atoms with E-state index in [0.29, 0.717) is 0 Å². The number of unbranched alkanes of at least 4 members (excludes halogenated alkanes) is 7. The molecule has 0 aromatic heterocycles. The van der Waals surface area contributed by atoms with Gasteiger partial charge < -0.3 is 0 Å². The summed E-state index contributed by atoms with van der Waals surface area (Å²) in [5.41, 5.74) is 0. The van der Waals surface area contributed by atoms with Gasteiger partial charge in [0.25, 0.3) is 0 Å². The molecule has 0 aliphatic rings. The van der Waals surface area contributed by atoms with E-state index < -0.39 is 0 Å². The van der Waals surface area contributed by atoms with Crippen LogP contribution in [-0.2, 0) is 4.79 Å². The lowest BCUT2D eigenvalue weighted by molar-refractivity contribution is 0.481. The van der Waals surface area contributed by atoms with E-state index in [1.54, 1.807) is 0 Å². The molecule has 0 rings (SSSR count). The second kappa shape index (κ2) is 17.2. The fraction of sp³-hybridized carbons (Fsp3) is 0.750. The molecular formula is C20H35O. The van der Waals surface area contributed by atoms with Crippen molar-refractivity contribution < 1.29 is 4.79 Å². The zero-order valence-electron chi connectivity index (χ0n) is 14.3. The van der Waals surface area contributed by atoms with Gasteiger partial charge in [-0.3, -0.25) is 4.79 Å². The highest BCUT2D eigenvalue weighted by atomic mass is 16.1. The summed E-state index contributed by atoms with van der Waals surface area (Å²) in [4.78, 5) is 10.6. The fourth-order valence-electron chi connectivity index (χ4n) is 2.37. The molecule has 21 heavy (non-hydrogen) atoms. The van der Waals surface area contributed by atoms with Gasteiger partial charge in [0.15, 0.2) is 0 Å². The molecule has 0 spiro atoms. The summed E-state index contributed by atoms with van der Waals surface area (Å²) in [5.74, 6) is 0.175. The molecule has 1 atom stereocenters. The van der Waals surface area contributed by atoms with Crippen LogP contribution < -0.4 is 0 Å². The van der Waals surface area contributed by atoms with Gasteiger partial charge in [-0.15, -0.1) is 0 Å². The Morgan fingerprint density at radius 1 is 0.810 bits per heavy atom. The zero-order chi connectivity index (χ0) is 15.6. The summed E-state index contributed by atoms with van der Waals surface area (Å²) < 4.78 is 0. The van der Waals surface area contributed by atoms with Crippen LogP contribution in [-0.4, -0.2) is 6.29 Å². The zero-order valence-corrected chi connectivity index (χ0v) is 14.3. The van der Waals surface area contributed by atoms with E-state index in [0.717, 1.165) is 19.3 Å². The highest BCUT2D eigenvalue weighted by molar-refractivity contribution is 5.54. The van der Waals surface area contributed by atoms with Gasteiger partial charge in [0.1, 0.15) is 0 Å². The predicted octanol–water partition coefficient (Wildman–Crippen LogP) is 6.55. The number of rotatable bonds is 15. The Labute approximate surface area is 132 Å². The quantitative estimate of drug-likeness (QED) is 0.247. The van der Waals surface area contributed by atoms with Crippen molar-refractivity contribution in [1.82, 2.24) is 0 Å². The number of hydrogen-bond donors (Lipinski definition) is 0. The minimum atomic E-state index is 0.175. The number of allylic oxidation sites excluding steroid dienone is 4. The topological polar surface area (TPSA) is 17.1 Å². The van der Waals surface area contributed by atoms with Crippen LogP contribution in [0.4, 0.5) is 0 Å². The fourth-order valence-corrected chi connectivity index (χ4v) is 2.37. The first-order valence-corrected chi connectivity index (χ1v) is 9.02. The summed E-state index contributed by atoms with van der Waals surface area (Å²) in [6, 6.07) is 0. The first-order chi connectivity index (χ1) is 10.3. The van der Waals surface area contributed by atoms with Gasteiger partial charge in [-0.2, -0.15) is 0 Å². The van der Waals surface area contributed by atoms with Gasteiger partial charge in [-0.1, -0.05) is 70.3 Å². The van der Waals surface area contributed by atoms with Crippen LogP contribution in [0.15, 0.2) is 24.3 Å². The first kappa shape index (κ1) is 20.1. The van der Waals surface area contributed by atoms with Crippen LogP contribution in [0.1, 0.15) is 90.9 Å². The van der Waals surface area contributed by atoms with Crippen molar-refractivity contribution in [1.29, 1.82) is 0 Å². The lowest BCUT2D eigenvalue weighted by Crippen LogP contribution is -1.99. The van der Waals surface area contributed by atoms with E-state index in [-0.39, 0.29) is 5.92 Å². The van der Waals surface area contributed by atoms with E-state index in [4.69, 9.17) is 0 Å². The van der Waals surface area contributed by atoms with Gasteiger partial charge in [-0.25, -0.2) is 0 Å². The van der Waals surface area contributed by atoms with E-state index >= 15 is 0 Å². The summed E-state index contributed by atoms with van der Waals surface area (Å²) in [6.45, 7) is 4.31. The third-order valence-corrected chi connectivity index (χ3v) is 3.91. The van der Waals surface area contributed by atoms with Crippen LogP contribution in [0.3, 0.4) is 0 Å². The minimum absolute atomic E-state index is 0.175. The Morgan fingerprint density at radius 2 is 1.43 bits per heavy atom. The molecule has 0 heterocycles. The second-order valence-electron chi connectivity index (χ2n) is 5.89. The van der Waals surface area contributed by atoms with Crippen molar-refractivity contribution >= 4 is 6.29 Å². The molecule has 0 bridgehead atoms. The third kappa shape index (κ3) is 15.4. The summed E-state index contributed by atoms with van der Waals surface area (Å²) in [5, 5.41) is 0. The molecule has 121 valence electrons. The highest BCUT2D eigenvalue weighted by Gasteiger charge is 2.03. The minimum Gasteiger partial charge on any atom is -0.291 e. The summed E-state index contributed by atoms with van der Waals surface area (Å²) in [7, 11) is 0. The number of carbonyl (C=O) groups excluding carboxylic acids is 1. The van der Waals surface area contributed by atoms with Crippen LogP contribution >= 0.6 is 0 Å². The average Bonchev–Trinajstić information content (AvgIpc) is 2.51. The monoisotopic (exact) mass is 291 g/mol. The summed E-state index contributed by atoms with van der Waals surface area (Å²) >= 11 is 0. The van der Waals surface area contributed by atoms with Crippen molar-refractivity contribution in [3.8, 4) is 0 Å². The van der Waals surface area contributed by atoms with Gasteiger partial charge in [0.2, 0.25) is 6.29 Å². The largest absolute Gasteiger partial charge is 0.291 e. The maximum atomic E-state index is 10.6. The van der Waals surface area contributed by atoms with E-state index in [9.17, 15) is 4.79 Å². The van der Waals surface area contributed by atoms with Gasteiger partial charge in [0.05, 0.1) is 0 Å². The Kier molecular flexibility index (Phi) is 16.5. The smallest absolute Gasteiger partial charge is 0.201 e. The molecule has 0 amide bonds.